The zero-order chi connectivity index (χ0) is 14.4. The molecule has 0 amide bonds. The molecule has 0 spiro atoms. The molecule has 0 heterocycles. The van der Waals surface area contributed by atoms with Crippen molar-refractivity contribution in [2.45, 2.75) is 19.4 Å². The number of hydrogen-bond donors (Lipinski definition) is 2. The third kappa shape index (κ3) is 4.82. The summed E-state index contributed by atoms with van der Waals surface area (Å²) in [7, 11) is -3.86. The molecule has 0 aliphatic heterocycles. The Labute approximate surface area is 119 Å². The van der Waals surface area contributed by atoms with Crippen molar-refractivity contribution in [1.29, 1.82) is 0 Å². The van der Waals surface area contributed by atoms with Crippen LogP contribution >= 0.6 is 7.75 Å². The molecule has 106 valence electrons. The first kappa shape index (κ1) is 14.8. The minimum absolute atomic E-state index is 0.169. The van der Waals surface area contributed by atoms with Gasteiger partial charge in [0.05, 0.1) is 0 Å². The van der Waals surface area contributed by atoms with Crippen molar-refractivity contribution < 1.29 is 14.0 Å². The molecule has 0 saturated carbocycles. The van der Waals surface area contributed by atoms with Crippen molar-refractivity contribution >= 4 is 7.75 Å². The van der Waals surface area contributed by atoms with Crippen molar-refractivity contribution in [1.82, 2.24) is 5.09 Å². The topological polar surface area (TPSA) is 58.6 Å². The predicted molar refractivity (Wildman–Crippen MR) is 79.6 cm³/mol. The van der Waals surface area contributed by atoms with Gasteiger partial charge in [-0.1, -0.05) is 48.5 Å². The fourth-order valence-electron chi connectivity index (χ4n) is 1.94. The van der Waals surface area contributed by atoms with Gasteiger partial charge >= 0.3 is 7.75 Å². The zero-order valence-electron chi connectivity index (χ0n) is 11.3. The van der Waals surface area contributed by atoms with Crippen LogP contribution in [0.1, 0.15) is 12.5 Å². The SMILES string of the molecule is CC(Cc1ccccc1)NP(=O)(O)Oc1ccccc1. The van der Waals surface area contributed by atoms with Gasteiger partial charge in [-0.05, 0) is 31.0 Å². The minimum Gasteiger partial charge on any atom is -0.413 e. The van der Waals surface area contributed by atoms with E-state index >= 15 is 0 Å². The molecule has 0 saturated heterocycles. The largest absolute Gasteiger partial charge is 0.456 e. The van der Waals surface area contributed by atoms with Crippen molar-refractivity contribution in [2.24, 2.45) is 0 Å². The Balaban J connectivity index is 1.92. The van der Waals surface area contributed by atoms with E-state index in [1.165, 1.54) is 0 Å². The van der Waals surface area contributed by atoms with Crippen molar-refractivity contribution in [3.8, 4) is 5.75 Å². The van der Waals surface area contributed by atoms with Crippen molar-refractivity contribution in [2.75, 3.05) is 0 Å². The van der Waals surface area contributed by atoms with Crippen LogP contribution in [0.15, 0.2) is 60.7 Å². The smallest absolute Gasteiger partial charge is 0.413 e. The van der Waals surface area contributed by atoms with E-state index in [4.69, 9.17) is 4.52 Å². The van der Waals surface area contributed by atoms with E-state index in [2.05, 4.69) is 5.09 Å². The summed E-state index contributed by atoms with van der Waals surface area (Å²) < 4.78 is 17.1. The van der Waals surface area contributed by atoms with E-state index in [1.807, 2.05) is 43.3 Å². The average Bonchev–Trinajstić information content (AvgIpc) is 2.39. The Bertz CT molecular complexity index is 574. The molecule has 2 aromatic carbocycles. The molecule has 2 N–H and O–H groups in total. The van der Waals surface area contributed by atoms with Gasteiger partial charge in [0, 0.05) is 6.04 Å². The van der Waals surface area contributed by atoms with E-state index in [0.717, 1.165) is 5.56 Å². The van der Waals surface area contributed by atoms with Gasteiger partial charge in [-0.2, -0.15) is 0 Å². The second-order valence-electron chi connectivity index (χ2n) is 4.64. The molecule has 4 nitrogen and oxygen atoms in total. The quantitative estimate of drug-likeness (QED) is 0.801. The number of hydrogen-bond acceptors (Lipinski definition) is 2. The summed E-state index contributed by atoms with van der Waals surface area (Å²) in [5.41, 5.74) is 1.10. The van der Waals surface area contributed by atoms with E-state index in [0.29, 0.717) is 12.2 Å². The summed E-state index contributed by atoms with van der Waals surface area (Å²) in [6, 6.07) is 18.2. The van der Waals surface area contributed by atoms with Gasteiger partial charge in [0.1, 0.15) is 5.75 Å². The fraction of sp³-hybridized carbons (Fsp3) is 0.200. The Morgan fingerprint density at radius 1 is 1.10 bits per heavy atom. The molecule has 0 aromatic heterocycles. The predicted octanol–water partition coefficient (Wildman–Crippen LogP) is 3.39. The Morgan fingerprint density at radius 2 is 1.65 bits per heavy atom. The normalized spacial score (nSPS) is 15.3. The summed E-state index contributed by atoms with van der Waals surface area (Å²) in [6.07, 6.45) is 0.656. The van der Waals surface area contributed by atoms with E-state index < -0.39 is 7.75 Å². The van der Waals surface area contributed by atoms with Crippen LogP contribution in [0.3, 0.4) is 0 Å². The molecule has 0 radical (unpaired) electrons. The highest BCUT2D eigenvalue weighted by Gasteiger charge is 2.23. The highest BCUT2D eigenvalue weighted by Crippen LogP contribution is 2.38. The Hall–Kier alpha value is -1.61. The summed E-state index contributed by atoms with van der Waals surface area (Å²) in [5.74, 6) is 0.373. The summed E-state index contributed by atoms with van der Waals surface area (Å²) >= 11 is 0. The second kappa shape index (κ2) is 6.71. The first-order valence-electron chi connectivity index (χ1n) is 6.44. The maximum absolute atomic E-state index is 12.0. The van der Waals surface area contributed by atoms with Crippen LogP contribution in [0.5, 0.6) is 5.75 Å². The highest BCUT2D eigenvalue weighted by molar-refractivity contribution is 7.51. The molecule has 2 rings (SSSR count). The Morgan fingerprint density at radius 3 is 2.25 bits per heavy atom. The lowest BCUT2D eigenvalue weighted by Crippen LogP contribution is -2.27. The van der Waals surface area contributed by atoms with Crippen LogP contribution < -0.4 is 9.61 Å². The second-order valence-corrected chi connectivity index (χ2v) is 6.13. The number of rotatable bonds is 6. The first-order valence-corrected chi connectivity index (χ1v) is 8.02. The highest BCUT2D eigenvalue weighted by atomic mass is 31.2. The van der Waals surface area contributed by atoms with Gasteiger partial charge in [0.15, 0.2) is 0 Å². The summed E-state index contributed by atoms with van der Waals surface area (Å²) in [6.45, 7) is 1.85. The van der Waals surface area contributed by atoms with Crippen LogP contribution in [0, 0.1) is 0 Å². The van der Waals surface area contributed by atoms with Crippen LogP contribution in [-0.4, -0.2) is 10.9 Å². The van der Waals surface area contributed by atoms with Gasteiger partial charge < -0.3 is 9.42 Å². The summed E-state index contributed by atoms with van der Waals surface area (Å²) in [4.78, 5) is 9.84. The fourth-order valence-corrected chi connectivity index (χ4v) is 3.05. The summed E-state index contributed by atoms with van der Waals surface area (Å²) in [5, 5.41) is 2.64. The first-order chi connectivity index (χ1) is 9.55. The monoisotopic (exact) mass is 291 g/mol. The molecule has 2 atom stereocenters. The van der Waals surface area contributed by atoms with Gasteiger partial charge in [-0.3, -0.25) is 0 Å². The van der Waals surface area contributed by atoms with Gasteiger partial charge in [0.2, 0.25) is 0 Å². The minimum atomic E-state index is -3.86. The van der Waals surface area contributed by atoms with E-state index in [1.54, 1.807) is 24.3 Å². The van der Waals surface area contributed by atoms with Crippen LogP contribution in [0.4, 0.5) is 0 Å². The molecule has 20 heavy (non-hydrogen) atoms. The lowest BCUT2D eigenvalue weighted by Gasteiger charge is -2.19. The Kier molecular flexibility index (Phi) is 4.96. The standard InChI is InChI=1S/C15H18NO3P/c1-13(12-14-8-4-2-5-9-14)16-20(17,18)19-15-10-6-3-7-11-15/h2-11,13H,12H2,1H3,(H2,16,17,18). The van der Waals surface area contributed by atoms with Crippen LogP contribution in [0.2, 0.25) is 0 Å². The lowest BCUT2D eigenvalue weighted by molar-refractivity contribution is 0.355. The molecule has 5 heteroatoms. The average molecular weight is 291 g/mol. The maximum atomic E-state index is 12.0. The molecular weight excluding hydrogens is 273 g/mol. The molecule has 0 bridgehead atoms. The van der Waals surface area contributed by atoms with Crippen LogP contribution in [0.25, 0.3) is 0 Å². The van der Waals surface area contributed by atoms with E-state index in [-0.39, 0.29) is 6.04 Å². The molecule has 2 aromatic rings. The zero-order valence-corrected chi connectivity index (χ0v) is 12.2. The third-order valence-corrected chi connectivity index (χ3v) is 3.97. The maximum Gasteiger partial charge on any atom is 0.456 e. The van der Waals surface area contributed by atoms with Gasteiger partial charge in [-0.25, -0.2) is 9.65 Å². The van der Waals surface area contributed by atoms with Crippen LogP contribution in [-0.2, 0) is 11.0 Å². The third-order valence-electron chi connectivity index (χ3n) is 2.74. The molecule has 0 aliphatic rings. The molecule has 0 aliphatic carbocycles. The molecule has 2 unspecified atom stereocenters. The molecule has 0 fully saturated rings. The van der Waals surface area contributed by atoms with E-state index in [9.17, 15) is 9.46 Å². The van der Waals surface area contributed by atoms with Crippen molar-refractivity contribution in [3.05, 3.63) is 66.2 Å². The molecular formula is C15H18NO3P. The number of benzene rings is 2. The van der Waals surface area contributed by atoms with Gasteiger partial charge in [0.25, 0.3) is 0 Å². The van der Waals surface area contributed by atoms with Gasteiger partial charge in [-0.15, -0.1) is 0 Å². The van der Waals surface area contributed by atoms with Crippen molar-refractivity contribution in [3.63, 3.8) is 0 Å². The number of nitrogens with one attached hydrogen (secondary N) is 1. The lowest BCUT2D eigenvalue weighted by atomic mass is 10.1. The number of para-hydroxylation sites is 1.